The van der Waals surface area contributed by atoms with Crippen molar-refractivity contribution < 1.29 is 22.5 Å². The Morgan fingerprint density at radius 2 is 1.71 bits per heavy atom. The van der Waals surface area contributed by atoms with Crippen LogP contribution in [0.4, 0.5) is 18.9 Å². The zero-order valence-corrected chi connectivity index (χ0v) is 15.0. The summed E-state index contributed by atoms with van der Waals surface area (Å²) < 4.78 is 42.5. The van der Waals surface area contributed by atoms with Crippen LogP contribution in [0.1, 0.15) is 40.5 Å². The molecule has 0 unspecified atom stereocenters. The minimum absolute atomic E-state index is 0.0122. The van der Waals surface area contributed by atoms with Crippen LogP contribution >= 0.6 is 11.6 Å². The highest BCUT2D eigenvalue weighted by Crippen LogP contribution is 2.52. The number of nitrogens with one attached hydrogen (secondary N) is 1. The molecule has 0 atom stereocenters. The van der Waals surface area contributed by atoms with Gasteiger partial charge in [0.15, 0.2) is 5.82 Å². The van der Waals surface area contributed by atoms with Gasteiger partial charge in [0.05, 0.1) is 5.41 Å². The molecule has 1 saturated carbocycles. The summed E-state index contributed by atoms with van der Waals surface area (Å²) in [7, 11) is 0. The molecule has 1 N–H and O–H groups in total. The number of carbonyl (C=O) groups is 1. The quantitative estimate of drug-likeness (QED) is 0.655. The molecule has 1 fully saturated rings. The molecule has 0 spiro atoms. The van der Waals surface area contributed by atoms with Crippen LogP contribution in [0.3, 0.4) is 0 Å². The van der Waals surface area contributed by atoms with Gasteiger partial charge < -0.3 is 9.84 Å². The Balaban J connectivity index is 1.52. The van der Waals surface area contributed by atoms with Crippen molar-refractivity contribution in [3.63, 3.8) is 0 Å². The molecule has 4 rings (SSSR count). The van der Waals surface area contributed by atoms with Crippen molar-refractivity contribution in [2.75, 3.05) is 5.32 Å². The lowest BCUT2D eigenvalue weighted by Gasteiger charge is -2.12. The number of halogens is 4. The predicted octanol–water partition coefficient (Wildman–Crippen LogP) is 5.07. The minimum Gasteiger partial charge on any atom is -0.329 e. The maximum absolute atomic E-state index is 12.7. The van der Waals surface area contributed by atoms with Gasteiger partial charge in [-0.15, -0.1) is 0 Å². The first-order valence-corrected chi connectivity index (χ1v) is 8.75. The second-order valence-corrected chi connectivity index (χ2v) is 6.98. The smallest absolute Gasteiger partial charge is 0.329 e. The normalized spacial score (nSPS) is 15.3. The first kappa shape index (κ1) is 18.5. The van der Waals surface area contributed by atoms with Crippen LogP contribution in [0.25, 0.3) is 0 Å². The summed E-state index contributed by atoms with van der Waals surface area (Å²) in [6.07, 6.45) is -3.45. The molecule has 0 radical (unpaired) electrons. The van der Waals surface area contributed by atoms with Gasteiger partial charge in [0.1, 0.15) is 0 Å². The van der Waals surface area contributed by atoms with E-state index >= 15 is 0 Å². The summed E-state index contributed by atoms with van der Waals surface area (Å²) in [4.78, 5) is 15.9. The molecule has 0 bridgehead atoms. The van der Waals surface area contributed by atoms with Gasteiger partial charge in [-0.2, -0.15) is 18.2 Å². The van der Waals surface area contributed by atoms with Gasteiger partial charge in [-0.1, -0.05) is 28.9 Å². The maximum atomic E-state index is 12.7. The lowest BCUT2D eigenvalue weighted by molar-refractivity contribution is -0.159. The molecule has 1 amide bonds. The van der Waals surface area contributed by atoms with Gasteiger partial charge >= 0.3 is 12.1 Å². The van der Waals surface area contributed by atoms with Crippen LogP contribution in [-0.2, 0) is 11.6 Å². The van der Waals surface area contributed by atoms with E-state index in [1.807, 2.05) is 0 Å². The molecule has 9 heteroatoms. The van der Waals surface area contributed by atoms with Gasteiger partial charge in [-0.3, -0.25) is 4.79 Å². The molecule has 2 aromatic carbocycles. The van der Waals surface area contributed by atoms with Crippen LogP contribution in [0.5, 0.6) is 0 Å². The lowest BCUT2D eigenvalue weighted by Crippen LogP contribution is -2.14. The number of nitrogens with zero attached hydrogens (tertiary/aromatic N) is 2. The minimum atomic E-state index is -4.68. The highest BCUT2D eigenvalue weighted by molar-refractivity contribution is 6.30. The van der Waals surface area contributed by atoms with Gasteiger partial charge in [-0.25, -0.2) is 0 Å². The summed E-state index contributed by atoms with van der Waals surface area (Å²) >= 11 is 5.82. The highest BCUT2D eigenvalue weighted by Gasteiger charge is 2.51. The van der Waals surface area contributed by atoms with Crippen molar-refractivity contribution in [1.82, 2.24) is 10.1 Å². The molecule has 28 heavy (non-hydrogen) atoms. The molecular formula is C19H13ClF3N3O2. The van der Waals surface area contributed by atoms with E-state index in [-0.39, 0.29) is 11.7 Å². The summed E-state index contributed by atoms with van der Waals surface area (Å²) in [6, 6.07) is 13.3. The molecule has 144 valence electrons. The zero-order valence-electron chi connectivity index (χ0n) is 14.3. The second-order valence-electron chi connectivity index (χ2n) is 6.54. The molecule has 0 saturated heterocycles. The number of aromatic nitrogens is 2. The maximum Gasteiger partial charge on any atom is 0.471 e. The third-order valence-corrected chi connectivity index (χ3v) is 4.90. The van der Waals surface area contributed by atoms with Crippen LogP contribution in [0.15, 0.2) is 53.1 Å². The monoisotopic (exact) mass is 407 g/mol. The molecule has 1 aromatic heterocycles. The van der Waals surface area contributed by atoms with Gasteiger partial charge in [0.2, 0.25) is 0 Å². The first-order chi connectivity index (χ1) is 13.3. The van der Waals surface area contributed by atoms with Crippen LogP contribution in [-0.4, -0.2) is 16.0 Å². The Bertz CT molecular complexity index is 1010. The van der Waals surface area contributed by atoms with Crippen molar-refractivity contribution in [3.8, 4) is 0 Å². The van der Waals surface area contributed by atoms with Gasteiger partial charge in [-0.05, 0) is 54.8 Å². The van der Waals surface area contributed by atoms with Crippen molar-refractivity contribution in [2.45, 2.75) is 24.4 Å². The Morgan fingerprint density at radius 1 is 1.07 bits per heavy atom. The zero-order chi connectivity index (χ0) is 19.9. The molecule has 0 aliphatic heterocycles. The van der Waals surface area contributed by atoms with E-state index in [1.165, 1.54) is 0 Å². The number of alkyl halides is 3. The van der Waals surface area contributed by atoms with Crippen LogP contribution < -0.4 is 5.32 Å². The standard InChI is InChI=1S/C19H13ClF3N3O2/c20-13-5-7-14(8-6-13)24-15(27)11-1-3-12(4-2-11)18(9-10-18)16-25-17(28-26-16)19(21,22)23/h1-8H,9-10H2,(H,24,27). The number of hydrogen-bond donors (Lipinski definition) is 1. The predicted molar refractivity (Wildman–Crippen MR) is 95.2 cm³/mol. The first-order valence-electron chi connectivity index (χ1n) is 8.37. The number of benzene rings is 2. The molecular weight excluding hydrogens is 395 g/mol. The fourth-order valence-corrected chi connectivity index (χ4v) is 3.10. The fraction of sp³-hybridized carbons (Fsp3) is 0.211. The third-order valence-electron chi connectivity index (χ3n) is 4.65. The second kappa shape index (κ2) is 6.63. The van der Waals surface area contributed by atoms with E-state index in [0.29, 0.717) is 29.1 Å². The Hall–Kier alpha value is -2.87. The van der Waals surface area contributed by atoms with Gasteiger partial charge in [0.25, 0.3) is 5.91 Å². The summed E-state index contributed by atoms with van der Waals surface area (Å²) in [5, 5.41) is 6.83. The van der Waals surface area contributed by atoms with E-state index in [1.54, 1.807) is 48.5 Å². The number of carbonyl (C=O) groups excluding carboxylic acids is 1. The van der Waals surface area contributed by atoms with E-state index in [4.69, 9.17) is 11.6 Å². The van der Waals surface area contributed by atoms with Crippen LogP contribution in [0, 0.1) is 0 Å². The molecule has 1 aliphatic carbocycles. The fourth-order valence-electron chi connectivity index (χ4n) is 2.98. The molecule has 1 aliphatic rings. The van der Waals surface area contributed by atoms with Crippen molar-refractivity contribution in [1.29, 1.82) is 0 Å². The highest BCUT2D eigenvalue weighted by atomic mass is 35.5. The molecule has 5 nitrogen and oxygen atoms in total. The summed E-state index contributed by atoms with van der Waals surface area (Å²) in [5.74, 6) is -1.65. The van der Waals surface area contributed by atoms with Gasteiger partial charge in [0, 0.05) is 16.3 Å². The lowest BCUT2D eigenvalue weighted by atomic mass is 9.94. The Kier molecular flexibility index (Phi) is 4.38. The number of rotatable bonds is 4. The average Bonchev–Trinajstić information content (AvgIpc) is 3.31. The topological polar surface area (TPSA) is 68.0 Å². The number of hydrogen-bond acceptors (Lipinski definition) is 4. The van der Waals surface area contributed by atoms with Crippen molar-refractivity contribution in [3.05, 3.63) is 76.4 Å². The van der Waals surface area contributed by atoms with E-state index in [9.17, 15) is 18.0 Å². The Labute approximate surface area is 162 Å². The van der Waals surface area contributed by atoms with E-state index in [2.05, 4.69) is 20.0 Å². The van der Waals surface area contributed by atoms with E-state index < -0.39 is 17.5 Å². The summed E-state index contributed by atoms with van der Waals surface area (Å²) in [6.45, 7) is 0. The van der Waals surface area contributed by atoms with Crippen molar-refractivity contribution in [2.24, 2.45) is 0 Å². The largest absolute Gasteiger partial charge is 0.471 e. The summed E-state index contributed by atoms with van der Waals surface area (Å²) in [5.41, 5.74) is 1.06. The number of amides is 1. The van der Waals surface area contributed by atoms with Crippen molar-refractivity contribution >= 4 is 23.2 Å². The molecule has 3 aromatic rings. The van der Waals surface area contributed by atoms with E-state index in [0.717, 1.165) is 5.56 Å². The SMILES string of the molecule is O=C(Nc1ccc(Cl)cc1)c1ccc(C2(c3noc(C(F)(F)F)n3)CC2)cc1. The molecule has 1 heterocycles. The average molecular weight is 408 g/mol. The van der Waals surface area contributed by atoms with Crippen LogP contribution in [0.2, 0.25) is 5.02 Å². The third kappa shape index (κ3) is 3.47. The number of anilines is 1. The Morgan fingerprint density at radius 3 is 2.25 bits per heavy atom.